The first-order chi connectivity index (χ1) is 9.47. The summed E-state index contributed by atoms with van der Waals surface area (Å²) in [5.74, 6) is -1.11. The van der Waals surface area contributed by atoms with E-state index in [-0.39, 0.29) is 10.6 Å². The quantitative estimate of drug-likeness (QED) is 0.810. The van der Waals surface area contributed by atoms with Gasteiger partial charge in [0.25, 0.3) is 10.0 Å². The molecule has 8 heteroatoms. The van der Waals surface area contributed by atoms with Crippen LogP contribution in [0.4, 0.5) is 5.69 Å². The van der Waals surface area contributed by atoms with Crippen molar-refractivity contribution in [2.45, 2.75) is 4.90 Å². The molecule has 0 bridgehead atoms. The zero-order valence-corrected chi connectivity index (χ0v) is 10.9. The van der Waals surface area contributed by atoms with Crippen LogP contribution in [-0.4, -0.2) is 24.7 Å². The van der Waals surface area contributed by atoms with Gasteiger partial charge >= 0.3 is 5.97 Å². The lowest BCUT2D eigenvalue weighted by molar-refractivity contribution is -0.131. The van der Waals surface area contributed by atoms with Gasteiger partial charge in [-0.15, -0.1) is 0 Å². The first-order valence-electron chi connectivity index (χ1n) is 5.41. The first-order valence-corrected chi connectivity index (χ1v) is 6.89. The van der Waals surface area contributed by atoms with Gasteiger partial charge in [-0.3, -0.25) is 4.72 Å². The number of carbonyl (C=O) groups is 1. The summed E-state index contributed by atoms with van der Waals surface area (Å²) in [5.41, 5.74) is 0.664. The standard InChI is InChI=1S/C12H10N2O5S/c15-12(16)5-4-9-2-1-3-11(6-9)20(17,18)14-10-7-13-19-8-10/h1-8,14H,(H,15,16). The third-order valence-electron chi connectivity index (χ3n) is 2.27. The van der Waals surface area contributed by atoms with Crippen molar-refractivity contribution in [3.8, 4) is 0 Å². The molecular formula is C12H10N2O5S. The molecule has 1 aromatic heterocycles. The number of nitrogens with one attached hydrogen (secondary N) is 1. The molecule has 0 fully saturated rings. The molecule has 0 amide bonds. The molecule has 0 aliphatic carbocycles. The average Bonchev–Trinajstić information content (AvgIpc) is 2.89. The van der Waals surface area contributed by atoms with Crippen LogP contribution in [0.15, 0.2) is 52.2 Å². The monoisotopic (exact) mass is 294 g/mol. The Hall–Kier alpha value is -2.61. The number of nitrogens with zero attached hydrogens (tertiary/aromatic N) is 1. The molecule has 0 saturated carbocycles. The molecule has 2 aromatic rings. The minimum absolute atomic E-state index is 0.00578. The van der Waals surface area contributed by atoms with Gasteiger partial charge in [0.1, 0.15) is 12.0 Å². The highest BCUT2D eigenvalue weighted by atomic mass is 32.2. The van der Waals surface area contributed by atoms with Gasteiger partial charge in [0.05, 0.1) is 11.1 Å². The van der Waals surface area contributed by atoms with Crippen molar-refractivity contribution in [2.75, 3.05) is 4.72 Å². The second-order valence-corrected chi connectivity index (χ2v) is 5.45. The normalized spacial score (nSPS) is 11.6. The van der Waals surface area contributed by atoms with E-state index in [1.807, 2.05) is 0 Å². The van der Waals surface area contributed by atoms with E-state index in [9.17, 15) is 13.2 Å². The van der Waals surface area contributed by atoms with E-state index in [1.165, 1.54) is 30.5 Å². The van der Waals surface area contributed by atoms with Gasteiger partial charge in [0.15, 0.2) is 0 Å². The Morgan fingerprint density at radius 1 is 1.40 bits per heavy atom. The fraction of sp³-hybridized carbons (Fsp3) is 0. The van der Waals surface area contributed by atoms with E-state index in [4.69, 9.17) is 5.11 Å². The molecule has 0 aliphatic heterocycles. The highest BCUT2D eigenvalue weighted by molar-refractivity contribution is 7.92. The van der Waals surface area contributed by atoms with Crippen LogP contribution >= 0.6 is 0 Å². The molecular weight excluding hydrogens is 284 g/mol. The number of carboxylic acid groups (broad SMARTS) is 1. The molecule has 0 spiro atoms. The largest absolute Gasteiger partial charge is 0.478 e. The van der Waals surface area contributed by atoms with Crippen LogP contribution in [-0.2, 0) is 14.8 Å². The maximum atomic E-state index is 12.1. The Kier molecular flexibility index (Phi) is 3.85. The minimum atomic E-state index is -3.78. The molecule has 0 radical (unpaired) electrons. The van der Waals surface area contributed by atoms with E-state index in [0.29, 0.717) is 5.56 Å². The van der Waals surface area contributed by atoms with Gasteiger partial charge in [0, 0.05) is 6.08 Å². The summed E-state index contributed by atoms with van der Waals surface area (Å²) in [6, 6.07) is 5.87. The van der Waals surface area contributed by atoms with Crippen LogP contribution < -0.4 is 4.72 Å². The number of sulfonamides is 1. The van der Waals surface area contributed by atoms with Gasteiger partial charge in [0.2, 0.25) is 0 Å². The second-order valence-electron chi connectivity index (χ2n) is 3.76. The Bertz CT molecular complexity index is 735. The van der Waals surface area contributed by atoms with E-state index >= 15 is 0 Å². The number of carboxylic acids is 1. The molecule has 2 N–H and O–H groups in total. The first kappa shape index (κ1) is 13.8. The second kappa shape index (κ2) is 5.57. The lowest BCUT2D eigenvalue weighted by Crippen LogP contribution is -2.12. The summed E-state index contributed by atoms with van der Waals surface area (Å²) in [5, 5.41) is 11.9. The van der Waals surface area contributed by atoms with Gasteiger partial charge in [-0.25, -0.2) is 13.2 Å². The Balaban J connectivity index is 2.28. The summed E-state index contributed by atoms with van der Waals surface area (Å²) in [6.07, 6.45) is 4.62. The average molecular weight is 294 g/mol. The number of benzene rings is 1. The van der Waals surface area contributed by atoms with Crippen molar-refractivity contribution in [3.05, 3.63) is 48.4 Å². The third-order valence-corrected chi connectivity index (χ3v) is 3.65. The summed E-state index contributed by atoms with van der Waals surface area (Å²) in [6.45, 7) is 0. The molecule has 1 aromatic carbocycles. The van der Waals surface area contributed by atoms with Gasteiger partial charge in [-0.2, -0.15) is 0 Å². The molecule has 0 saturated heterocycles. The lowest BCUT2D eigenvalue weighted by Gasteiger charge is -2.05. The summed E-state index contributed by atoms with van der Waals surface area (Å²) in [7, 11) is -3.78. The maximum absolute atomic E-state index is 12.1. The number of aliphatic carboxylic acids is 1. The molecule has 2 rings (SSSR count). The number of aromatic nitrogens is 1. The highest BCUT2D eigenvalue weighted by Gasteiger charge is 2.15. The van der Waals surface area contributed by atoms with Crippen molar-refractivity contribution < 1.29 is 22.8 Å². The highest BCUT2D eigenvalue weighted by Crippen LogP contribution is 2.17. The predicted molar refractivity (Wildman–Crippen MR) is 70.4 cm³/mol. The van der Waals surface area contributed by atoms with Crippen LogP contribution in [0.2, 0.25) is 0 Å². The van der Waals surface area contributed by atoms with E-state index in [2.05, 4.69) is 14.4 Å². The molecule has 20 heavy (non-hydrogen) atoms. The minimum Gasteiger partial charge on any atom is -0.478 e. The Labute approximate surface area is 114 Å². The van der Waals surface area contributed by atoms with E-state index in [1.54, 1.807) is 6.07 Å². The Morgan fingerprint density at radius 3 is 2.85 bits per heavy atom. The van der Waals surface area contributed by atoms with Crippen LogP contribution in [0.3, 0.4) is 0 Å². The zero-order valence-electron chi connectivity index (χ0n) is 10.1. The van der Waals surface area contributed by atoms with Crippen LogP contribution in [0.1, 0.15) is 5.56 Å². The van der Waals surface area contributed by atoms with E-state index < -0.39 is 16.0 Å². The lowest BCUT2D eigenvalue weighted by atomic mass is 10.2. The van der Waals surface area contributed by atoms with Crippen LogP contribution in [0.5, 0.6) is 0 Å². The summed E-state index contributed by atoms with van der Waals surface area (Å²) < 4.78 is 31.0. The summed E-state index contributed by atoms with van der Waals surface area (Å²) in [4.78, 5) is 10.4. The number of rotatable bonds is 5. The van der Waals surface area contributed by atoms with Crippen LogP contribution in [0.25, 0.3) is 6.08 Å². The van der Waals surface area contributed by atoms with Crippen LogP contribution in [0, 0.1) is 0 Å². The number of hydrogen-bond donors (Lipinski definition) is 2. The maximum Gasteiger partial charge on any atom is 0.328 e. The summed E-state index contributed by atoms with van der Waals surface area (Å²) >= 11 is 0. The molecule has 0 aliphatic rings. The van der Waals surface area contributed by atoms with E-state index in [0.717, 1.165) is 12.3 Å². The molecule has 7 nitrogen and oxygen atoms in total. The van der Waals surface area contributed by atoms with Gasteiger partial charge in [-0.05, 0) is 23.8 Å². The van der Waals surface area contributed by atoms with Crippen molar-refractivity contribution in [2.24, 2.45) is 0 Å². The smallest absolute Gasteiger partial charge is 0.328 e. The Morgan fingerprint density at radius 2 is 2.20 bits per heavy atom. The van der Waals surface area contributed by atoms with Gasteiger partial charge < -0.3 is 9.63 Å². The molecule has 0 atom stereocenters. The molecule has 1 heterocycles. The zero-order chi connectivity index (χ0) is 14.6. The molecule has 0 unspecified atom stereocenters. The van der Waals surface area contributed by atoms with Crippen molar-refractivity contribution in [3.63, 3.8) is 0 Å². The van der Waals surface area contributed by atoms with Crippen molar-refractivity contribution >= 4 is 27.8 Å². The number of hydrogen-bond acceptors (Lipinski definition) is 5. The SMILES string of the molecule is O=C(O)C=Cc1cccc(S(=O)(=O)Nc2cnoc2)c1. The van der Waals surface area contributed by atoms with Gasteiger partial charge in [-0.1, -0.05) is 17.3 Å². The fourth-order valence-corrected chi connectivity index (χ4v) is 2.50. The predicted octanol–water partition coefficient (Wildman–Crippen LogP) is 1.57. The third kappa shape index (κ3) is 3.45. The van der Waals surface area contributed by atoms with Crippen molar-refractivity contribution in [1.82, 2.24) is 5.16 Å². The number of anilines is 1. The van der Waals surface area contributed by atoms with Crippen molar-refractivity contribution in [1.29, 1.82) is 0 Å². The topological polar surface area (TPSA) is 110 Å². The fourth-order valence-electron chi connectivity index (χ4n) is 1.42. The molecule has 104 valence electrons.